The summed E-state index contributed by atoms with van der Waals surface area (Å²) in [6.45, 7) is 6.20. The summed E-state index contributed by atoms with van der Waals surface area (Å²) < 4.78 is 0. The number of benzene rings is 1. The maximum Gasteiger partial charge on any atom is 0.252 e. The molecule has 2 aromatic rings. The molecule has 1 aromatic carbocycles. The van der Waals surface area contributed by atoms with Crippen molar-refractivity contribution < 1.29 is 9.59 Å². The number of anilines is 1. The number of nitrogens with zero attached hydrogens (tertiary/aromatic N) is 1. The molecule has 2 amide bonds. The molecule has 1 aliphatic rings. The lowest BCUT2D eigenvalue weighted by Gasteiger charge is -2.35. The molecule has 3 rings (SSSR count). The number of rotatable bonds is 5. The minimum atomic E-state index is -0.447. The Morgan fingerprint density at radius 1 is 1.31 bits per heavy atom. The van der Waals surface area contributed by atoms with Crippen LogP contribution in [0, 0.1) is 5.92 Å². The number of hydrogen-bond donors (Lipinski definition) is 2. The van der Waals surface area contributed by atoms with Gasteiger partial charge in [-0.25, -0.2) is 4.98 Å². The van der Waals surface area contributed by atoms with Crippen LogP contribution in [0.1, 0.15) is 42.3 Å². The molecule has 0 fully saturated rings. The van der Waals surface area contributed by atoms with E-state index in [1.54, 1.807) is 12.3 Å². The highest BCUT2D eigenvalue weighted by Gasteiger charge is 2.33. The number of fused-ring (bicyclic) bond motifs is 1. The molecule has 2 heterocycles. The molecule has 0 spiro atoms. The molecule has 1 aliphatic heterocycles. The molecule has 26 heavy (non-hydrogen) atoms. The Labute approximate surface area is 158 Å². The minimum Gasteiger partial charge on any atom is -0.346 e. The molecule has 0 aliphatic carbocycles. The first-order valence-electron chi connectivity index (χ1n) is 8.63. The van der Waals surface area contributed by atoms with Crippen LogP contribution in [0.15, 0.2) is 36.5 Å². The third kappa shape index (κ3) is 3.73. The van der Waals surface area contributed by atoms with Crippen LogP contribution < -0.4 is 10.6 Å². The number of amides is 2. The summed E-state index contributed by atoms with van der Waals surface area (Å²) in [6.07, 6.45) is 2.41. The van der Waals surface area contributed by atoms with Crippen molar-refractivity contribution >= 4 is 29.2 Å². The van der Waals surface area contributed by atoms with Crippen LogP contribution in [0.5, 0.6) is 0 Å². The maximum atomic E-state index is 13.0. The maximum absolute atomic E-state index is 13.0. The fourth-order valence-corrected chi connectivity index (χ4v) is 3.20. The lowest BCUT2D eigenvalue weighted by molar-refractivity contribution is -0.115. The van der Waals surface area contributed by atoms with Gasteiger partial charge in [0, 0.05) is 27.9 Å². The van der Waals surface area contributed by atoms with Crippen molar-refractivity contribution in [3.63, 3.8) is 0 Å². The van der Waals surface area contributed by atoms with Gasteiger partial charge in [-0.05, 0) is 43.0 Å². The Hall–Kier alpha value is -2.40. The largest absolute Gasteiger partial charge is 0.346 e. The second kappa shape index (κ2) is 7.08. The molecule has 1 unspecified atom stereocenters. The van der Waals surface area contributed by atoms with Gasteiger partial charge in [0.1, 0.15) is 5.82 Å². The topological polar surface area (TPSA) is 71.1 Å². The van der Waals surface area contributed by atoms with Gasteiger partial charge in [-0.2, -0.15) is 0 Å². The quantitative estimate of drug-likeness (QED) is 0.843. The van der Waals surface area contributed by atoms with Gasteiger partial charge in [0.2, 0.25) is 5.91 Å². The zero-order valence-electron chi connectivity index (χ0n) is 15.1. The summed E-state index contributed by atoms with van der Waals surface area (Å²) in [7, 11) is 0. The van der Waals surface area contributed by atoms with Crippen molar-refractivity contribution in [1.82, 2.24) is 10.3 Å². The SMILES string of the molecule is CC(C)C(C)(Cc1ccc(Cl)cc1)NC(=O)c1ccnc2c1CC(=O)N2. The van der Waals surface area contributed by atoms with Gasteiger partial charge in [-0.3, -0.25) is 9.59 Å². The first-order valence-corrected chi connectivity index (χ1v) is 9.01. The zero-order valence-corrected chi connectivity index (χ0v) is 15.9. The van der Waals surface area contributed by atoms with Gasteiger partial charge in [0.25, 0.3) is 5.91 Å². The van der Waals surface area contributed by atoms with Gasteiger partial charge in [-0.1, -0.05) is 37.6 Å². The Morgan fingerprint density at radius 2 is 2.00 bits per heavy atom. The summed E-state index contributed by atoms with van der Waals surface area (Å²) >= 11 is 5.97. The molecule has 1 atom stereocenters. The summed E-state index contributed by atoms with van der Waals surface area (Å²) in [5, 5.41) is 6.55. The van der Waals surface area contributed by atoms with Crippen molar-refractivity contribution in [3.8, 4) is 0 Å². The summed E-state index contributed by atoms with van der Waals surface area (Å²) in [6, 6.07) is 9.32. The van der Waals surface area contributed by atoms with Crippen LogP contribution in [0.25, 0.3) is 0 Å². The highest BCUT2D eigenvalue weighted by atomic mass is 35.5. The van der Waals surface area contributed by atoms with E-state index in [1.165, 1.54) is 0 Å². The molecule has 0 bridgehead atoms. The van der Waals surface area contributed by atoms with E-state index >= 15 is 0 Å². The van der Waals surface area contributed by atoms with Gasteiger partial charge >= 0.3 is 0 Å². The van der Waals surface area contributed by atoms with E-state index in [1.807, 2.05) is 31.2 Å². The molecule has 0 saturated heterocycles. The Balaban J connectivity index is 1.84. The first kappa shape index (κ1) is 18.4. The van der Waals surface area contributed by atoms with Crippen LogP contribution in [0.2, 0.25) is 5.02 Å². The fourth-order valence-electron chi connectivity index (χ4n) is 3.07. The van der Waals surface area contributed by atoms with Crippen molar-refractivity contribution in [2.24, 2.45) is 5.92 Å². The Bertz CT molecular complexity index is 849. The van der Waals surface area contributed by atoms with Crippen LogP contribution in [0.4, 0.5) is 5.82 Å². The number of pyridine rings is 1. The van der Waals surface area contributed by atoms with Crippen LogP contribution >= 0.6 is 11.6 Å². The monoisotopic (exact) mass is 371 g/mol. The number of aromatic nitrogens is 1. The van der Waals surface area contributed by atoms with Gasteiger partial charge in [0.05, 0.1) is 6.42 Å². The predicted molar refractivity (Wildman–Crippen MR) is 102 cm³/mol. The zero-order chi connectivity index (χ0) is 18.9. The molecular weight excluding hydrogens is 350 g/mol. The molecular formula is C20H22ClN3O2. The average molecular weight is 372 g/mol. The third-order valence-corrected chi connectivity index (χ3v) is 5.31. The van der Waals surface area contributed by atoms with E-state index < -0.39 is 5.54 Å². The molecule has 2 N–H and O–H groups in total. The van der Waals surface area contributed by atoms with Gasteiger partial charge < -0.3 is 10.6 Å². The standard InChI is InChI=1S/C20H22ClN3O2/c1-12(2)20(3,11-13-4-6-14(21)7-5-13)24-19(26)15-8-9-22-18-16(15)10-17(25)23-18/h4-9,12H,10-11H2,1-3H3,(H,24,26)(H,22,23,25). The van der Waals surface area contributed by atoms with E-state index in [9.17, 15) is 9.59 Å². The fraction of sp³-hybridized carbons (Fsp3) is 0.350. The molecule has 0 saturated carbocycles. The van der Waals surface area contributed by atoms with Crippen LogP contribution in [-0.2, 0) is 17.6 Å². The van der Waals surface area contributed by atoms with Crippen molar-refractivity contribution in [2.75, 3.05) is 5.32 Å². The average Bonchev–Trinajstić information content (AvgIpc) is 2.96. The number of carbonyl (C=O) groups excluding carboxylic acids is 2. The summed E-state index contributed by atoms with van der Waals surface area (Å²) in [4.78, 5) is 28.8. The summed E-state index contributed by atoms with van der Waals surface area (Å²) in [5.41, 5.74) is 1.81. The smallest absolute Gasteiger partial charge is 0.252 e. The molecule has 1 aromatic heterocycles. The van der Waals surface area contributed by atoms with Gasteiger partial charge in [-0.15, -0.1) is 0 Å². The van der Waals surface area contributed by atoms with E-state index in [0.29, 0.717) is 28.4 Å². The number of nitrogens with one attached hydrogen (secondary N) is 2. The van der Waals surface area contributed by atoms with E-state index in [0.717, 1.165) is 5.56 Å². The number of carbonyl (C=O) groups is 2. The normalized spacial score (nSPS) is 15.3. The molecule has 0 radical (unpaired) electrons. The number of hydrogen-bond acceptors (Lipinski definition) is 3. The van der Waals surface area contributed by atoms with Gasteiger partial charge in [0.15, 0.2) is 0 Å². The molecule has 136 valence electrons. The third-order valence-electron chi connectivity index (χ3n) is 5.05. The highest BCUT2D eigenvalue weighted by Crippen LogP contribution is 2.27. The Morgan fingerprint density at radius 3 is 2.65 bits per heavy atom. The minimum absolute atomic E-state index is 0.138. The highest BCUT2D eigenvalue weighted by molar-refractivity contribution is 6.30. The lowest BCUT2D eigenvalue weighted by atomic mass is 9.82. The lowest BCUT2D eigenvalue weighted by Crippen LogP contribution is -2.51. The van der Waals surface area contributed by atoms with E-state index in [-0.39, 0.29) is 24.2 Å². The first-order chi connectivity index (χ1) is 12.3. The number of halogens is 1. The summed E-state index contributed by atoms with van der Waals surface area (Å²) in [5.74, 6) is 0.356. The van der Waals surface area contributed by atoms with E-state index in [4.69, 9.17) is 11.6 Å². The van der Waals surface area contributed by atoms with Crippen molar-refractivity contribution in [1.29, 1.82) is 0 Å². The van der Waals surface area contributed by atoms with Crippen molar-refractivity contribution in [3.05, 3.63) is 58.2 Å². The Kier molecular flexibility index (Phi) is 5.01. The predicted octanol–water partition coefficient (Wildman–Crippen LogP) is 3.62. The second-order valence-corrected chi connectivity index (χ2v) is 7.68. The van der Waals surface area contributed by atoms with E-state index in [2.05, 4.69) is 29.5 Å². The molecule has 6 heteroatoms. The van der Waals surface area contributed by atoms with Crippen LogP contribution in [0.3, 0.4) is 0 Å². The van der Waals surface area contributed by atoms with Crippen LogP contribution in [-0.4, -0.2) is 22.3 Å². The van der Waals surface area contributed by atoms with Crippen molar-refractivity contribution in [2.45, 2.75) is 39.2 Å². The molecule has 5 nitrogen and oxygen atoms in total. The second-order valence-electron chi connectivity index (χ2n) is 7.24.